The number of hydrogen-bond acceptors (Lipinski definition) is 3. The summed E-state index contributed by atoms with van der Waals surface area (Å²) in [5.41, 5.74) is 1.98. The number of rotatable bonds is 1. The van der Waals surface area contributed by atoms with Gasteiger partial charge in [0.2, 0.25) is 0 Å². The maximum absolute atomic E-state index is 13.6. The average Bonchev–Trinajstić information content (AvgIpc) is 2.76. The van der Waals surface area contributed by atoms with Gasteiger partial charge in [-0.25, -0.2) is 8.78 Å². The van der Waals surface area contributed by atoms with Crippen LogP contribution < -0.4 is 10.6 Å². The standard InChI is InChI=1S/C12H10F2N2S/c13-7-2-1-3-8(14)12(7)9-4-15-10-5-17-6-11(10)16-9/h1-3,5-6,9,15-16H,4H2. The molecule has 0 bridgehead atoms. The fourth-order valence-electron chi connectivity index (χ4n) is 2.01. The van der Waals surface area contributed by atoms with Gasteiger partial charge in [-0.2, -0.15) is 0 Å². The molecule has 0 amide bonds. The van der Waals surface area contributed by atoms with Crippen LogP contribution >= 0.6 is 11.3 Å². The van der Waals surface area contributed by atoms with Crippen LogP contribution in [0, 0.1) is 11.6 Å². The highest BCUT2D eigenvalue weighted by molar-refractivity contribution is 7.09. The molecule has 1 atom stereocenters. The van der Waals surface area contributed by atoms with Crippen LogP contribution in [0.3, 0.4) is 0 Å². The summed E-state index contributed by atoms with van der Waals surface area (Å²) in [7, 11) is 0. The Morgan fingerprint density at radius 2 is 1.82 bits per heavy atom. The van der Waals surface area contributed by atoms with Gasteiger partial charge >= 0.3 is 0 Å². The Morgan fingerprint density at radius 1 is 1.12 bits per heavy atom. The highest BCUT2D eigenvalue weighted by Crippen LogP contribution is 2.35. The van der Waals surface area contributed by atoms with E-state index in [-0.39, 0.29) is 11.6 Å². The van der Waals surface area contributed by atoms with Crippen molar-refractivity contribution in [3.63, 3.8) is 0 Å². The highest BCUT2D eigenvalue weighted by atomic mass is 32.1. The van der Waals surface area contributed by atoms with Crippen LogP contribution in [-0.4, -0.2) is 6.54 Å². The number of anilines is 2. The lowest BCUT2D eigenvalue weighted by atomic mass is 10.0. The molecule has 0 saturated carbocycles. The molecule has 0 saturated heterocycles. The lowest BCUT2D eigenvalue weighted by Crippen LogP contribution is -2.26. The molecule has 2 N–H and O–H groups in total. The Morgan fingerprint density at radius 3 is 2.59 bits per heavy atom. The molecule has 1 aromatic heterocycles. The van der Waals surface area contributed by atoms with Gasteiger partial charge in [0.25, 0.3) is 0 Å². The van der Waals surface area contributed by atoms with Gasteiger partial charge in [0.05, 0.1) is 17.4 Å². The van der Waals surface area contributed by atoms with Crippen molar-refractivity contribution in [3.8, 4) is 0 Å². The van der Waals surface area contributed by atoms with Crippen molar-refractivity contribution >= 4 is 22.7 Å². The van der Waals surface area contributed by atoms with E-state index in [0.29, 0.717) is 6.54 Å². The predicted molar refractivity (Wildman–Crippen MR) is 65.5 cm³/mol. The Labute approximate surface area is 101 Å². The van der Waals surface area contributed by atoms with Crippen molar-refractivity contribution in [2.45, 2.75) is 6.04 Å². The normalized spacial score (nSPS) is 18.1. The van der Waals surface area contributed by atoms with E-state index in [0.717, 1.165) is 11.4 Å². The molecule has 0 spiro atoms. The molecule has 1 aromatic carbocycles. The van der Waals surface area contributed by atoms with Crippen LogP contribution in [0.5, 0.6) is 0 Å². The Kier molecular flexibility index (Phi) is 2.48. The number of halogens is 2. The van der Waals surface area contributed by atoms with Gasteiger partial charge in [-0.1, -0.05) is 6.07 Å². The maximum Gasteiger partial charge on any atom is 0.131 e. The second kappa shape index (κ2) is 4.00. The molecular formula is C12H10F2N2S. The van der Waals surface area contributed by atoms with Gasteiger partial charge in [0.15, 0.2) is 0 Å². The van der Waals surface area contributed by atoms with Crippen molar-refractivity contribution < 1.29 is 8.78 Å². The first-order valence-electron chi connectivity index (χ1n) is 5.26. The average molecular weight is 252 g/mol. The number of hydrogen-bond donors (Lipinski definition) is 2. The molecule has 1 aliphatic rings. The molecule has 2 heterocycles. The molecule has 17 heavy (non-hydrogen) atoms. The fraction of sp³-hybridized carbons (Fsp3) is 0.167. The van der Waals surface area contributed by atoms with Crippen LogP contribution in [0.15, 0.2) is 29.0 Å². The van der Waals surface area contributed by atoms with Gasteiger partial charge < -0.3 is 10.6 Å². The molecule has 3 rings (SSSR count). The first kappa shape index (κ1) is 10.5. The number of fused-ring (bicyclic) bond motifs is 1. The third-order valence-electron chi connectivity index (χ3n) is 2.84. The van der Waals surface area contributed by atoms with Crippen LogP contribution in [-0.2, 0) is 0 Å². The van der Waals surface area contributed by atoms with E-state index in [1.807, 2.05) is 10.8 Å². The molecule has 88 valence electrons. The maximum atomic E-state index is 13.6. The molecule has 2 aromatic rings. The van der Waals surface area contributed by atoms with Crippen molar-refractivity contribution in [2.24, 2.45) is 0 Å². The number of thiophene rings is 1. The molecule has 0 aliphatic carbocycles. The summed E-state index contributed by atoms with van der Waals surface area (Å²) in [5.74, 6) is -1.02. The third-order valence-corrected chi connectivity index (χ3v) is 3.58. The largest absolute Gasteiger partial charge is 0.380 e. The zero-order valence-electron chi connectivity index (χ0n) is 8.84. The zero-order valence-corrected chi connectivity index (χ0v) is 9.65. The summed E-state index contributed by atoms with van der Waals surface area (Å²) in [6, 6.07) is 3.56. The SMILES string of the molecule is Fc1cccc(F)c1C1CNc2cscc2N1. The summed E-state index contributed by atoms with van der Waals surface area (Å²) < 4.78 is 27.3. The minimum atomic E-state index is -0.511. The lowest BCUT2D eigenvalue weighted by molar-refractivity contribution is 0.539. The first-order chi connectivity index (χ1) is 8.25. The lowest BCUT2D eigenvalue weighted by Gasteiger charge is -2.27. The third kappa shape index (κ3) is 1.76. The van der Waals surface area contributed by atoms with Gasteiger partial charge in [-0.3, -0.25) is 0 Å². The van der Waals surface area contributed by atoms with E-state index in [9.17, 15) is 8.78 Å². The molecular weight excluding hydrogens is 242 g/mol. The molecule has 1 unspecified atom stereocenters. The summed E-state index contributed by atoms with van der Waals surface area (Å²) in [6.45, 7) is 0.474. The highest BCUT2D eigenvalue weighted by Gasteiger charge is 2.24. The molecule has 2 nitrogen and oxygen atoms in total. The second-order valence-corrected chi connectivity index (χ2v) is 4.66. The van der Waals surface area contributed by atoms with Crippen molar-refractivity contribution in [2.75, 3.05) is 17.2 Å². The minimum absolute atomic E-state index is 0.0943. The van der Waals surface area contributed by atoms with E-state index in [2.05, 4.69) is 10.6 Å². The Balaban J connectivity index is 1.97. The Bertz CT molecular complexity index is 533. The Hall–Kier alpha value is -1.62. The zero-order chi connectivity index (χ0) is 11.8. The summed E-state index contributed by atoms with van der Waals surface area (Å²) >= 11 is 1.55. The van der Waals surface area contributed by atoms with Crippen molar-refractivity contribution in [3.05, 3.63) is 46.2 Å². The molecule has 5 heteroatoms. The van der Waals surface area contributed by atoms with Gasteiger partial charge in [-0.15, -0.1) is 11.3 Å². The minimum Gasteiger partial charge on any atom is -0.380 e. The van der Waals surface area contributed by atoms with E-state index in [1.165, 1.54) is 18.2 Å². The predicted octanol–water partition coefficient (Wildman–Crippen LogP) is 3.61. The van der Waals surface area contributed by atoms with E-state index in [1.54, 1.807) is 11.3 Å². The van der Waals surface area contributed by atoms with Gasteiger partial charge in [-0.05, 0) is 12.1 Å². The first-order valence-corrected chi connectivity index (χ1v) is 6.20. The van der Waals surface area contributed by atoms with Crippen LogP contribution in [0.1, 0.15) is 11.6 Å². The van der Waals surface area contributed by atoms with Crippen LogP contribution in [0.4, 0.5) is 20.2 Å². The summed E-state index contributed by atoms with van der Waals surface area (Å²) in [6.07, 6.45) is 0. The van der Waals surface area contributed by atoms with Gasteiger partial charge in [0, 0.05) is 22.9 Å². The van der Waals surface area contributed by atoms with Gasteiger partial charge in [0.1, 0.15) is 11.6 Å². The molecule has 1 aliphatic heterocycles. The van der Waals surface area contributed by atoms with E-state index < -0.39 is 11.6 Å². The van der Waals surface area contributed by atoms with Crippen LogP contribution in [0.2, 0.25) is 0 Å². The van der Waals surface area contributed by atoms with Crippen molar-refractivity contribution in [1.29, 1.82) is 0 Å². The van der Waals surface area contributed by atoms with E-state index in [4.69, 9.17) is 0 Å². The quantitative estimate of drug-likeness (QED) is 0.810. The number of nitrogens with one attached hydrogen (secondary N) is 2. The van der Waals surface area contributed by atoms with Crippen LogP contribution in [0.25, 0.3) is 0 Å². The monoisotopic (exact) mass is 252 g/mol. The smallest absolute Gasteiger partial charge is 0.131 e. The molecule has 0 fully saturated rings. The fourth-order valence-corrected chi connectivity index (χ4v) is 2.76. The number of benzene rings is 1. The summed E-state index contributed by atoms with van der Waals surface area (Å²) in [4.78, 5) is 0. The van der Waals surface area contributed by atoms with E-state index >= 15 is 0 Å². The summed E-state index contributed by atoms with van der Waals surface area (Å²) in [5, 5.41) is 10.2. The van der Waals surface area contributed by atoms with Crippen molar-refractivity contribution in [1.82, 2.24) is 0 Å². The molecule has 0 radical (unpaired) electrons. The second-order valence-electron chi connectivity index (χ2n) is 3.91. The topological polar surface area (TPSA) is 24.1 Å².